The fourth-order valence-corrected chi connectivity index (χ4v) is 3.66. The maximum atomic E-state index is 12.7. The van der Waals surface area contributed by atoms with E-state index in [1.54, 1.807) is 12.1 Å². The predicted molar refractivity (Wildman–Crippen MR) is 120 cm³/mol. The smallest absolute Gasteiger partial charge is 0.261 e. The van der Waals surface area contributed by atoms with Crippen LogP contribution in [-0.4, -0.2) is 35.1 Å². The Hall–Kier alpha value is -3.48. The van der Waals surface area contributed by atoms with Crippen molar-refractivity contribution in [2.24, 2.45) is 11.8 Å². The van der Waals surface area contributed by atoms with Gasteiger partial charge in [0.2, 0.25) is 5.91 Å². The van der Waals surface area contributed by atoms with E-state index < -0.39 is 0 Å². The summed E-state index contributed by atoms with van der Waals surface area (Å²) in [7, 11) is 0. The predicted octanol–water partition coefficient (Wildman–Crippen LogP) is 3.61. The highest BCUT2D eigenvalue weighted by Gasteiger charge is 2.35. The lowest BCUT2D eigenvalue weighted by atomic mass is 10.1. The molecule has 7 nitrogen and oxygen atoms in total. The van der Waals surface area contributed by atoms with Crippen LogP contribution in [-0.2, 0) is 11.3 Å². The summed E-state index contributed by atoms with van der Waals surface area (Å²) in [5.41, 5.74) is 2.50. The van der Waals surface area contributed by atoms with Gasteiger partial charge in [-0.15, -0.1) is 0 Å². The van der Waals surface area contributed by atoms with E-state index in [0.29, 0.717) is 29.3 Å². The van der Waals surface area contributed by atoms with E-state index in [-0.39, 0.29) is 41.7 Å². The van der Waals surface area contributed by atoms with Crippen molar-refractivity contribution in [1.29, 1.82) is 0 Å². The zero-order chi connectivity index (χ0) is 22.8. The standard InChI is InChI=1S/C25H27N3O4/c1-15(2)10-11-28-24(31)20-9-8-18(13-21(20)25(28)32)22(29)26-14-16-4-3-5-19(12-16)27-23(30)17-6-7-17/h3-5,8-9,12-13,15,17H,6-7,10-11,14H2,1-2H3,(H,26,29)(H,27,30). The number of anilines is 1. The van der Waals surface area contributed by atoms with Gasteiger partial charge in [0.1, 0.15) is 0 Å². The summed E-state index contributed by atoms with van der Waals surface area (Å²) in [6.07, 6.45) is 2.61. The van der Waals surface area contributed by atoms with Gasteiger partial charge in [0, 0.05) is 30.3 Å². The number of rotatable bonds is 8. The van der Waals surface area contributed by atoms with Gasteiger partial charge >= 0.3 is 0 Å². The minimum absolute atomic E-state index is 0.0333. The van der Waals surface area contributed by atoms with Crippen LogP contribution in [0.4, 0.5) is 5.69 Å². The van der Waals surface area contributed by atoms with Crippen LogP contribution < -0.4 is 10.6 Å². The second kappa shape index (κ2) is 8.94. The van der Waals surface area contributed by atoms with Crippen molar-refractivity contribution in [3.63, 3.8) is 0 Å². The van der Waals surface area contributed by atoms with E-state index in [1.165, 1.54) is 11.0 Å². The molecule has 1 aliphatic carbocycles. The molecule has 1 aliphatic heterocycles. The van der Waals surface area contributed by atoms with Gasteiger partial charge in [-0.2, -0.15) is 0 Å². The fraction of sp³-hybridized carbons (Fsp3) is 0.360. The summed E-state index contributed by atoms with van der Waals surface area (Å²) in [6, 6.07) is 12.0. The Kier molecular flexibility index (Phi) is 6.08. The van der Waals surface area contributed by atoms with Crippen LogP contribution in [0.15, 0.2) is 42.5 Å². The topological polar surface area (TPSA) is 95.6 Å². The number of amides is 4. The molecule has 0 saturated heterocycles. The first kappa shape index (κ1) is 21.7. The number of hydrogen-bond acceptors (Lipinski definition) is 4. The third-order valence-corrected chi connectivity index (χ3v) is 5.76. The van der Waals surface area contributed by atoms with Gasteiger partial charge in [0.25, 0.3) is 17.7 Å². The minimum atomic E-state index is -0.348. The highest BCUT2D eigenvalue weighted by atomic mass is 16.2. The van der Waals surface area contributed by atoms with Crippen LogP contribution in [0.1, 0.15) is 69.7 Å². The van der Waals surface area contributed by atoms with E-state index in [0.717, 1.165) is 24.8 Å². The van der Waals surface area contributed by atoms with Crippen LogP contribution in [0.5, 0.6) is 0 Å². The van der Waals surface area contributed by atoms with E-state index in [1.807, 2.05) is 38.1 Å². The van der Waals surface area contributed by atoms with Crippen molar-refractivity contribution < 1.29 is 19.2 Å². The van der Waals surface area contributed by atoms with E-state index in [4.69, 9.17) is 0 Å². The molecular weight excluding hydrogens is 406 g/mol. The van der Waals surface area contributed by atoms with Crippen LogP contribution in [0.3, 0.4) is 0 Å². The van der Waals surface area contributed by atoms with E-state index >= 15 is 0 Å². The van der Waals surface area contributed by atoms with Crippen LogP contribution in [0.25, 0.3) is 0 Å². The third kappa shape index (κ3) is 4.72. The molecule has 2 aromatic carbocycles. The van der Waals surface area contributed by atoms with Crippen LogP contribution in [0.2, 0.25) is 0 Å². The number of nitrogens with one attached hydrogen (secondary N) is 2. The molecule has 1 heterocycles. The summed E-state index contributed by atoms with van der Waals surface area (Å²) in [6.45, 7) is 4.73. The summed E-state index contributed by atoms with van der Waals surface area (Å²) in [4.78, 5) is 51.1. The highest BCUT2D eigenvalue weighted by molar-refractivity contribution is 6.22. The minimum Gasteiger partial charge on any atom is -0.348 e. The molecule has 4 rings (SSSR count). The number of nitrogens with zero attached hydrogens (tertiary/aromatic N) is 1. The lowest BCUT2D eigenvalue weighted by molar-refractivity contribution is -0.117. The van der Waals surface area contributed by atoms with Crippen molar-refractivity contribution >= 4 is 29.3 Å². The van der Waals surface area contributed by atoms with Crippen LogP contribution >= 0.6 is 0 Å². The largest absolute Gasteiger partial charge is 0.348 e. The summed E-state index contributed by atoms with van der Waals surface area (Å²) in [5.74, 6) is -0.454. The quantitative estimate of drug-likeness (QED) is 0.622. The third-order valence-electron chi connectivity index (χ3n) is 5.76. The lowest BCUT2D eigenvalue weighted by Gasteiger charge is -2.14. The molecule has 2 aliphatic rings. The molecule has 0 radical (unpaired) electrons. The van der Waals surface area contributed by atoms with Crippen molar-refractivity contribution in [1.82, 2.24) is 10.2 Å². The van der Waals surface area contributed by atoms with Gasteiger partial charge in [-0.25, -0.2) is 0 Å². The number of carbonyl (C=O) groups is 4. The Morgan fingerprint density at radius 1 is 1.03 bits per heavy atom. The van der Waals surface area contributed by atoms with Gasteiger partial charge in [-0.3, -0.25) is 24.1 Å². The molecule has 0 unspecified atom stereocenters. The normalized spacial score (nSPS) is 15.2. The molecule has 4 amide bonds. The summed E-state index contributed by atoms with van der Waals surface area (Å²) < 4.78 is 0. The molecule has 32 heavy (non-hydrogen) atoms. The molecule has 0 aromatic heterocycles. The Morgan fingerprint density at radius 3 is 2.50 bits per heavy atom. The molecule has 1 saturated carbocycles. The van der Waals surface area contributed by atoms with E-state index in [9.17, 15) is 19.2 Å². The fourth-order valence-electron chi connectivity index (χ4n) is 3.66. The van der Waals surface area contributed by atoms with Crippen molar-refractivity contribution in [3.05, 3.63) is 64.7 Å². The molecule has 166 valence electrons. The average Bonchev–Trinajstić information content (AvgIpc) is 3.59. The SMILES string of the molecule is CC(C)CCN1C(=O)c2ccc(C(=O)NCc3cccc(NC(=O)C4CC4)c3)cc2C1=O. The first-order valence-electron chi connectivity index (χ1n) is 11.0. The van der Waals surface area contributed by atoms with Gasteiger partial charge in [0.05, 0.1) is 11.1 Å². The Balaban J connectivity index is 1.39. The summed E-state index contributed by atoms with van der Waals surface area (Å²) >= 11 is 0. The molecule has 2 N–H and O–H groups in total. The van der Waals surface area contributed by atoms with Gasteiger partial charge in [-0.1, -0.05) is 26.0 Å². The van der Waals surface area contributed by atoms with Gasteiger partial charge in [0.15, 0.2) is 0 Å². The zero-order valence-electron chi connectivity index (χ0n) is 18.3. The highest BCUT2D eigenvalue weighted by Crippen LogP contribution is 2.30. The Bertz CT molecular complexity index is 1090. The van der Waals surface area contributed by atoms with E-state index in [2.05, 4.69) is 10.6 Å². The molecule has 7 heteroatoms. The maximum absolute atomic E-state index is 12.7. The average molecular weight is 434 g/mol. The second-order valence-corrected chi connectivity index (χ2v) is 8.85. The second-order valence-electron chi connectivity index (χ2n) is 8.85. The van der Waals surface area contributed by atoms with Gasteiger partial charge in [-0.05, 0) is 61.1 Å². The van der Waals surface area contributed by atoms with Crippen molar-refractivity contribution in [2.75, 3.05) is 11.9 Å². The number of fused-ring (bicyclic) bond motifs is 1. The molecule has 2 aromatic rings. The zero-order valence-corrected chi connectivity index (χ0v) is 18.3. The van der Waals surface area contributed by atoms with Crippen molar-refractivity contribution in [3.8, 4) is 0 Å². The number of benzene rings is 2. The molecule has 1 fully saturated rings. The molecule has 0 bridgehead atoms. The maximum Gasteiger partial charge on any atom is 0.261 e. The van der Waals surface area contributed by atoms with Crippen LogP contribution in [0, 0.1) is 11.8 Å². The molecule has 0 spiro atoms. The first-order valence-corrected chi connectivity index (χ1v) is 11.0. The van der Waals surface area contributed by atoms with Gasteiger partial charge < -0.3 is 10.6 Å². The summed E-state index contributed by atoms with van der Waals surface area (Å²) in [5, 5.41) is 5.73. The Morgan fingerprint density at radius 2 is 1.78 bits per heavy atom. The monoisotopic (exact) mass is 433 g/mol. The van der Waals surface area contributed by atoms with Crippen molar-refractivity contribution in [2.45, 2.75) is 39.7 Å². The molecular formula is C25H27N3O4. The Labute approximate surface area is 187 Å². The first-order chi connectivity index (χ1) is 15.3. The lowest BCUT2D eigenvalue weighted by Crippen LogP contribution is -2.31. The number of carbonyl (C=O) groups excluding carboxylic acids is 4. The number of imide groups is 1. The number of hydrogen-bond donors (Lipinski definition) is 2. The molecule has 0 atom stereocenters.